The van der Waals surface area contributed by atoms with Crippen LogP contribution in [0.2, 0.25) is 0 Å². The van der Waals surface area contributed by atoms with Crippen molar-refractivity contribution in [1.82, 2.24) is 9.80 Å². The Bertz CT molecular complexity index is 289. The smallest absolute Gasteiger partial charge is 0.226 e. The highest BCUT2D eigenvalue weighted by Crippen LogP contribution is 2.38. The van der Waals surface area contributed by atoms with Gasteiger partial charge in [0.15, 0.2) is 0 Å². The predicted octanol–water partition coefficient (Wildman–Crippen LogP) is 0.556. The minimum Gasteiger partial charge on any atom is -0.391 e. The highest BCUT2D eigenvalue weighted by Gasteiger charge is 2.40. The molecule has 1 saturated carbocycles. The van der Waals surface area contributed by atoms with Crippen LogP contribution < -0.4 is 0 Å². The second kappa shape index (κ2) is 4.94. The lowest BCUT2D eigenvalue weighted by molar-refractivity contribution is -0.137. The van der Waals surface area contributed by atoms with Crippen molar-refractivity contribution in [2.75, 3.05) is 27.2 Å². The van der Waals surface area contributed by atoms with E-state index in [1.165, 1.54) is 12.8 Å². The molecule has 4 nitrogen and oxygen atoms in total. The first-order valence-corrected chi connectivity index (χ1v) is 6.62. The molecule has 1 N–H and O–H groups in total. The summed E-state index contributed by atoms with van der Waals surface area (Å²) in [6.45, 7) is 3.41. The summed E-state index contributed by atoms with van der Waals surface area (Å²) in [5, 5.41) is 9.76. The number of amides is 1. The fourth-order valence-corrected chi connectivity index (χ4v) is 2.82. The summed E-state index contributed by atoms with van der Waals surface area (Å²) in [6, 6.07) is 0.189. The molecular weight excluding hydrogens is 216 g/mol. The third-order valence-corrected chi connectivity index (χ3v) is 3.97. The Labute approximate surface area is 104 Å². The standard InChI is InChI=1S/C13H24N2O2/c1-9(10-4-5-10)13(17)15-8-12(16)6-11(15)7-14(2)3/h9-12,16H,4-8H2,1-3H3. The third-order valence-electron chi connectivity index (χ3n) is 3.97. The van der Waals surface area contributed by atoms with Gasteiger partial charge in [-0.1, -0.05) is 6.92 Å². The molecule has 0 aromatic heterocycles. The number of β-amino-alcohol motifs (C(OH)–C–C–N with tert-alkyl or cyclic N) is 1. The number of hydrogen-bond donors (Lipinski definition) is 1. The highest BCUT2D eigenvalue weighted by atomic mass is 16.3. The zero-order chi connectivity index (χ0) is 12.6. The minimum absolute atomic E-state index is 0.143. The summed E-state index contributed by atoms with van der Waals surface area (Å²) in [5.74, 6) is 0.987. The van der Waals surface area contributed by atoms with Crippen molar-refractivity contribution in [3.8, 4) is 0 Å². The molecule has 2 fully saturated rings. The van der Waals surface area contributed by atoms with Gasteiger partial charge < -0.3 is 14.9 Å². The van der Waals surface area contributed by atoms with Crippen LogP contribution in [-0.2, 0) is 4.79 Å². The SMILES string of the molecule is CC(C(=O)N1CC(O)CC1CN(C)C)C1CC1. The summed E-state index contributed by atoms with van der Waals surface area (Å²) >= 11 is 0. The van der Waals surface area contributed by atoms with Gasteiger partial charge in [-0.2, -0.15) is 0 Å². The topological polar surface area (TPSA) is 43.8 Å². The molecule has 1 heterocycles. The predicted molar refractivity (Wildman–Crippen MR) is 66.6 cm³/mol. The van der Waals surface area contributed by atoms with E-state index in [2.05, 4.69) is 4.90 Å². The number of nitrogens with zero attached hydrogens (tertiary/aromatic N) is 2. The van der Waals surface area contributed by atoms with E-state index in [4.69, 9.17) is 0 Å². The molecule has 0 aromatic rings. The van der Waals surface area contributed by atoms with E-state index in [0.29, 0.717) is 12.5 Å². The van der Waals surface area contributed by atoms with Crippen molar-refractivity contribution in [2.45, 2.75) is 38.3 Å². The Hall–Kier alpha value is -0.610. The van der Waals surface area contributed by atoms with Crippen LogP contribution >= 0.6 is 0 Å². The molecule has 1 saturated heterocycles. The summed E-state index contributed by atoms with van der Waals surface area (Å²) in [7, 11) is 4.02. The van der Waals surface area contributed by atoms with Crippen molar-refractivity contribution in [1.29, 1.82) is 0 Å². The molecule has 2 aliphatic rings. The molecule has 3 unspecified atom stereocenters. The van der Waals surface area contributed by atoms with Crippen LogP contribution in [-0.4, -0.2) is 60.1 Å². The second-order valence-electron chi connectivity index (χ2n) is 5.92. The lowest BCUT2D eigenvalue weighted by Crippen LogP contribution is -2.44. The van der Waals surface area contributed by atoms with E-state index in [-0.39, 0.29) is 24.0 Å². The van der Waals surface area contributed by atoms with Crippen LogP contribution in [0.3, 0.4) is 0 Å². The number of hydrogen-bond acceptors (Lipinski definition) is 3. The second-order valence-corrected chi connectivity index (χ2v) is 5.92. The number of likely N-dealkylation sites (N-methyl/N-ethyl adjacent to an activating group) is 1. The molecular formula is C13H24N2O2. The van der Waals surface area contributed by atoms with Crippen molar-refractivity contribution < 1.29 is 9.90 Å². The van der Waals surface area contributed by atoms with E-state index in [1.54, 1.807) is 0 Å². The van der Waals surface area contributed by atoms with E-state index in [0.717, 1.165) is 13.0 Å². The molecule has 0 radical (unpaired) electrons. The zero-order valence-corrected chi connectivity index (χ0v) is 11.1. The Morgan fingerprint density at radius 3 is 2.65 bits per heavy atom. The quantitative estimate of drug-likeness (QED) is 0.780. The lowest BCUT2D eigenvalue weighted by Gasteiger charge is -2.29. The first-order chi connectivity index (χ1) is 7.99. The van der Waals surface area contributed by atoms with Crippen LogP contribution in [0.1, 0.15) is 26.2 Å². The van der Waals surface area contributed by atoms with Gasteiger partial charge in [-0.25, -0.2) is 0 Å². The van der Waals surface area contributed by atoms with Gasteiger partial charge in [-0.15, -0.1) is 0 Å². The summed E-state index contributed by atoms with van der Waals surface area (Å²) in [4.78, 5) is 16.4. The van der Waals surface area contributed by atoms with Crippen LogP contribution in [0.25, 0.3) is 0 Å². The maximum atomic E-state index is 12.4. The summed E-state index contributed by atoms with van der Waals surface area (Å²) in [6.07, 6.45) is 2.78. The first kappa shape index (κ1) is 12.8. The van der Waals surface area contributed by atoms with Crippen molar-refractivity contribution in [2.24, 2.45) is 11.8 Å². The number of aliphatic hydroxyl groups is 1. The number of carbonyl (C=O) groups excluding carboxylic acids is 1. The molecule has 1 aliphatic carbocycles. The van der Waals surface area contributed by atoms with Crippen molar-refractivity contribution >= 4 is 5.91 Å². The van der Waals surface area contributed by atoms with Crippen LogP contribution in [0, 0.1) is 11.8 Å². The Balaban J connectivity index is 1.98. The molecule has 4 heteroatoms. The van der Waals surface area contributed by atoms with Gasteiger partial charge in [-0.05, 0) is 39.3 Å². The van der Waals surface area contributed by atoms with E-state index in [1.807, 2.05) is 25.9 Å². The largest absolute Gasteiger partial charge is 0.391 e. The van der Waals surface area contributed by atoms with Crippen molar-refractivity contribution in [3.63, 3.8) is 0 Å². The number of aliphatic hydroxyl groups excluding tert-OH is 1. The van der Waals surface area contributed by atoms with Crippen molar-refractivity contribution in [3.05, 3.63) is 0 Å². The van der Waals surface area contributed by atoms with E-state index in [9.17, 15) is 9.90 Å². The zero-order valence-electron chi connectivity index (χ0n) is 11.1. The maximum Gasteiger partial charge on any atom is 0.226 e. The Morgan fingerprint density at radius 1 is 1.47 bits per heavy atom. The first-order valence-electron chi connectivity index (χ1n) is 6.62. The van der Waals surface area contributed by atoms with Crippen LogP contribution in [0.15, 0.2) is 0 Å². The molecule has 3 atom stereocenters. The average molecular weight is 240 g/mol. The molecule has 17 heavy (non-hydrogen) atoms. The highest BCUT2D eigenvalue weighted by molar-refractivity contribution is 5.79. The molecule has 1 amide bonds. The molecule has 1 aliphatic heterocycles. The Kier molecular flexibility index (Phi) is 3.73. The summed E-state index contributed by atoms with van der Waals surface area (Å²) in [5.41, 5.74) is 0. The van der Waals surface area contributed by atoms with Gasteiger partial charge in [-0.3, -0.25) is 4.79 Å². The fourth-order valence-electron chi connectivity index (χ4n) is 2.82. The van der Waals surface area contributed by atoms with E-state index >= 15 is 0 Å². The Morgan fingerprint density at radius 2 is 2.12 bits per heavy atom. The van der Waals surface area contributed by atoms with Gasteiger partial charge in [0.2, 0.25) is 5.91 Å². The number of rotatable bonds is 4. The van der Waals surface area contributed by atoms with Gasteiger partial charge in [0.1, 0.15) is 0 Å². The monoisotopic (exact) mass is 240 g/mol. The fraction of sp³-hybridized carbons (Fsp3) is 0.923. The van der Waals surface area contributed by atoms with Crippen LogP contribution in [0.5, 0.6) is 0 Å². The van der Waals surface area contributed by atoms with Gasteiger partial charge in [0, 0.05) is 25.0 Å². The van der Waals surface area contributed by atoms with Gasteiger partial charge in [0.25, 0.3) is 0 Å². The number of likely N-dealkylation sites (tertiary alicyclic amines) is 1. The van der Waals surface area contributed by atoms with Gasteiger partial charge >= 0.3 is 0 Å². The average Bonchev–Trinajstić information content (AvgIpc) is 3.01. The molecule has 98 valence electrons. The normalized spacial score (nSPS) is 31.0. The van der Waals surface area contributed by atoms with Gasteiger partial charge in [0.05, 0.1) is 6.10 Å². The minimum atomic E-state index is -0.338. The third kappa shape index (κ3) is 2.99. The lowest BCUT2D eigenvalue weighted by atomic mass is 10.0. The van der Waals surface area contributed by atoms with E-state index < -0.39 is 0 Å². The number of carbonyl (C=O) groups is 1. The molecule has 0 aromatic carbocycles. The summed E-state index contributed by atoms with van der Waals surface area (Å²) < 4.78 is 0. The molecule has 0 spiro atoms. The maximum absolute atomic E-state index is 12.4. The molecule has 0 bridgehead atoms. The van der Waals surface area contributed by atoms with Crippen LogP contribution in [0.4, 0.5) is 0 Å². The molecule has 2 rings (SSSR count).